The number of para-hydroxylation sites is 1. The van der Waals surface area contributed by atoms with Gasteiger partial charge in [-0.3, -0.25) is 9.78 Å². The summed E-state index contributed by atoms with van der Waals surface area (Å²) in [5.74, 6) is 1.15. The Morgan fingerprint density at radius 3 is 2.68 bits per heavy atom. The molecule has 4 rings (SSSR count). The number of thioether (sulfide) groups is 1. The second kappa shape index (κ2) is 8.53. The van der Waals surface area contributed by atoms with Gasteiger partial charge in [0.25, 0.3) is 5.56 Å². The monoisotopic (exact) mass is 398 g/mol. The number of benzene rings is 1. The summed E-state index contributed by atoms with van der Waals surface area (Å²) in [6, 6.07) is 11.3. The normalized spacial score (nSPS) is 15.1. The molecule has 1 aliphatic rings. The molecule has 0 saturated carbocycles. The van der Waals surface area contributed by atoms with Crippen LogP contribution in [0.5, 0.6) is 0 Å². The van der Waals surface area contributed by atoms with Gasteiger partial charge in [-0.1, -0.05) is 36.9 Å². The molecule has 1 saturated heterocycles. The van der Waals surface area contributed by atoms with Crippen LogP contribution in [0.1, 0.15) is 12.6 Å². The molecule has 1 aliphatic heterocycles. The molecule has 0 bridgehead atoms. The van der Waals surface area contributed by atoms with E-state index in [1.807, 2.05) is 30.3 Å². The molecular weight excluding hydrogens is 376 g/mol. The number of H-pyrrole nitrogens is 1. The van der Waals surface area contributed by atoms with E-state index in [0.29, 0.717) is 22.6 Å². The summed E-state index contributed by atoms with van der Waals surface area (Å²) < 4.78 is 1.68. The minimum Gasteiger partial charge on any atom is -0.340 e. The minimum absolute atomic E-state index is 0.138. The fraction of sp³-hybridized carbons (Fsp3) is 0.389. The van der Waals surface area contributed by atoms with Crippen LogP contribution in [0.2, 0.25) is 0 Å². The molecule has 28 heavy (non-hydrogen) atoms. The van der Waals surface area contributed by atoms with Gasteiger partial charge in [-0.25, -0.2) is 4.98 Å². The second-order valence-electron chi connectivity index (χ2n) is 6.48. The molecule has 1 aromatic carbocycles. The van der Waals surface area contributed by atoms with E-state index >= 15 is 0 Å². The van der Waals surface area contributed by atoms with Gasteiger partial charge in [0.2, 0.25) is 11.1 Å². The maximum absolute atomic E-state index is 12.1. The van der Waals surface area contributed by atoms with Crippen LogP contribution in [0.25, 0.3) is 5.69 Å². The van der Waals surface area contributed by atoms with E-state index in [0.717, 1.165) is 38.4 Å². The van der Waals surface area contributed by atoms with Crippen LogP contribution in [0.15, 0.2) is 46.3 Å². The van der Waals surface area contributed by atoms with E-state index < -0.39 is 0 Å². The summed E-state index contributed by atoms with van der Waals surface area (Å²) in [6.07, 6.45) is 0. The molecule has 146 valence electrons. The number of hydrogen-bond acceptors (Lipinski definition) is 8. The molecule has 2 aromatic heterocycles. The summed E-state index contributed by atoms with van der Waals surface area (Å²) in [4.78, 5) is 24.2. The molecule has 1 N–H and O–H groups in total. The third-order valence-electron chi connectivity index (χ3n) is 4.69. The van der Waals surface area contributed by atoms with Gasteiger partial charge in [0.05, 0.1) is 11.4 Å². The van der Waals surface area contributed by atoms with Gasteiger partial charge in [-0.05, 0) is 29.1 Å². The summed E-state index contributed by atoms with van der Waals surface area (Å²) in [6.45, 7) is 6.89. The van der Waals surface area contributed by atoms with E-state index in [1.165, 1.54) is 17.8 Å². The Labute approximate surface area is 166 Å². The van der Waals surface area contributed by atoms with Crippen molar-refractivity contribution in [2.75, 3.05) is 37.6 Å². The van der Waals surface area contributed by atoms with Crippen molar-refractivity contribution in [3.8, 4) is 5.69 Å². The Balaban J connectivity index is 1.47. The van der Waals surface area contributed by atoms with Crippen LogP contribution in [-0.2, 0) is 5.75 Å². The topological polar surface area (TPSA) is 95.8 Å². The van der Waals surface area contributed by atoms with Gasteiger partial charge in [0.1, 0.15) is 0 Å². The molecule has 0 spiro atoms. The average molecular weight is 398 g/mol. The number of anilines is 1. The quantitative estimate of drug-likeness (QED) is 0.619. The number of nitrogens with zero attached hydrogens (tertiary/aromatic N) is 7. The first-order valence-corrected chi connectivity index (χ1v) is 10.3. The molecule has 0 aliphatic carbocycles. The van der Waals surface area contributed by atoms with Crippen molar-refractivity contribution < 1.29 is 0 Å². The molecule has 3 aromatic rings. The first-order chi connectivity index (χ1) is 13.7. The SMILES string of the molecule is CCN1CCN(c2nc(CSc3nnnn3-c3ccccc3)cc(=O)[nH]2)CC1. The number of aromatic amines is 1. The van der Waals surface area contributed by atoms with Crippen LogP contribution in [0.4, 0.5) is 5.95 Å². The second-order valence-corrected chi connectivity index (χ2v) is 7.42. The van der Waals surface area contributed by atoms with Crippen LogP contribution in [-0.4, -0.2) is 67.8 Å². The molecule has 9 nitrogen and oxygen atoms in total. The van der Waals surface area contributed by atoms with Crippen LogP contribution in [0, 0.1) is 0 Å². The Morgan fingerprint density at radius 2 is 1.93 bits per heavy atom. The highest BCUT2D eigenvalue weighted by molar-refractivity contribution is 7.98. The van der Waals surface area contributed by atoms with Crippen molar-refractivity contribution in [1.29, 1.82) is 0 Å². The van der Waals surface area contributed by atoms with Crippen molar-refractivity contribution in [1.82, 2.24) is 35.1 Å². The number of piperazine rings is 1. The molecule has 0 atom stereocenters. The molecule has 0 unspecified atom stereocenters. The summed E-state index contributed by atoms with van der Waals surface area (Å²) in [7, 11) is 0. The standard InChI is InChI=1S/C18H22N8OS/c1-2-24-8-10-25(11-9-24)17-19-14(12-16(27)20-17)13-28-18-21-22-23-26(18)15-6-4-3-5-7-15/h3-7,12H,2,8-11,13H2,1H3,(H,19,20,27). The van der Waals surface area contributed by atoms with Gasteiger partial charge >= 0.3 is 0 Å². The predicted octanol–water partition coefficient (Wildman–Crippen LogP) is 1.18. The number of hydrogen-bond donors (Lipinski definition) is 1. The number of tetrazole rings is 1. The van der Waals surface area contributed by atoms with Crippen molar-refractivity contribution in [3.63, 3.8) is 0 Å². The van der Waals surface area contributed by atoms with E-state index in [2.05, 4.69) is 42.2 Å². The fourth-order valence-electron chi connectivity index (χ4n) is 3.13. The Hall–Kier alpha value is -2.72. The lowest BCUT2D eigenvalue weighted by Crippen LogP contribution is -2.47. The highest BCUT2D eigenvalue weighted by atomic mass is 32.2. The molecule has 0 amide bonds. The van der Waals surface area contributed by atoms with Gasteiger partial charge in [-0.15, -0.1) is 5.10 Å². The first-order valence-electron chi connectivity index (χ1n) is 9.27. The van der Waals surface area contributed by atoms with E-state index in [4.69, 9.17) is 0 Å². The lowest BCUT2D eigenvalue weighted by atomic mass is 10.3. The van der Waals surface area contributed by atoms with Gasteiger partial charge < -0.3 is 9.80 Å². The molecule has 10 heteroatoms. The highest BCUT2D eigenvalue weighted by Crippen LogP contribution is 2.22. The summed E-state index contributed by atoms with van der Waals surface area (Å²) in [5, 5.41) is 12.6. The smallest absolute Gasteiger partial charge is 0.252 e. The number of nitrogens with one attached hydrogen (secondary N) is 1. The van der Waals surface area contributed by atoms with E-state index in [-0.39, 0.29) is 5.56 Å². The van der Waals surface area contributed by atoms with E-state index in [1.54, 1.807) is 4.68 Å². The maximum Gasteiger partial charge on any atom is 0.252 e. The van der Waals surface area contributed by atoms with Crippen molar-refractivity contribution in [3.05, 3.63) is 52.4 Å². The zero-order valence-corrected chi connectivity index (χ0v) is 16.5. The Bertz CT molecular complexity index is 965. The van der Waals surface area contributed by atoms with E-state index in [9.17, 15) is 4.79 Å². The zero-order chi connectivity index (χ0) is 19.3. The molecule has 0 radical (unpaired) electrons. The van der Waals surface area contributed by atoms with Crippen LogP contribution >= 0.6 is 11.8 Å². The van der Waals surface area contributed by atoms with Crippen molar-refractivity contribution >= 4 is 17.7 Å². The Morgan fingerprint density at radius 1 is 1.14 bits per heavy atom. The van der Waals surface area contributed by atoms with Gasteiger partial charge in [-0.2, -0.15) is 4.68 Å². The first kappa shape index (κ1) is 18.6. The largest absolute Gasteiger partial charge is 0.340 e. The van der Waals surface area contributed by atoms with Crippen molar-refractivity contribution in [2.45, 2.75) is 17.8 Å². The third kappa shape index (κ3) is 4.23. The van der Waals surface area contributed by atoms with Crippen molar-refractivity contribution in [2.24, 2.45) is 0 Å². The third-order valence-corrected chi connectivity index (χ3v) is 5.64. The zero-order valence-electron chi connectivity index (χ0n) is 15.7. The minimum atomic E-state index is -0.138. The van der Waals surface area contributed by atoms with Gasteiger partial charge in [0.15, 0.2) is 0 Å². The van der Waals surface area contributed by atoms with Gasteiger partial charge in [0, 0.05) is 38.0 Å². The summed E-state index contributed by atoms with van der Waals surface area (Å²) >= 11 is 1.45. The number of rotatable bonds is 6. The van der Waals surface area contributed by atoms with Crippen LogP contribution in [0.3, 0.4) is 0 Å². The van der Waals surface area contributed by atoms with Crippen LogP contribution < -0.4 is 10.5 Å². The molecule has 1 fully saturated rings. The number of aromatic nitrogens is 6. The highest BCUT2D eigenvalue weighted by Gasteiger charge is 2.18. The predicted molar refractivity (Wildman–Crippen MR) is 108 cm³/mol. The molecule has 3 heterocycles. The number of likely N-dealkylation sites (N-methyl/N-ethyl adjacent to an activating group) is 1. The maximum atomic E-state index is 12.1. The fourth-order valence-corrected chi connectivity index (χ4v) is 3.92. The average Bonchev–Trinajstić information content (AvgIpc) is 3.21. The lowest BCUT2D eigenvalue weighted by Gasteiger charge is -2.34. The lowest BCUT2D eigenvalue weighted by molar-refractivity contribution is 0.270. The molecular formula is C18H22N8OS. The summed E-state index contributed by atoms with van der Waals surface area (Å²) in [5.41, 5.74) is 1.47. The Kier molecular flexibility index (Phi) is 5.68.